The summed E-state index contributed by atoms with van der Waals surface area (Å²) in [7, 11) is 1.30. The Labute approximate surface area is 56.4 Å². The van der Waals surface area contributed by atoms with Crippen molar-refractivity contribution >= 4 is 6.21 Å². The van der Waals surface area contributed by atoms with Crippen molar-refractivity contribution in [2.45, 2.75) is 6.17 Å². The van der Waals surface area contributed by atoms with E-state index >= 15 is 0 Å². The second-order valence-electron chi connectivity index (χ2n) is 1.68. The average molecular weight is 148 g/mol. The molecule has 1 rings (SSSR count). The van der Waals surface area contributed by atoms with E-state index in [1.165, 1.54) is 13.2 Å². The normalized spacial score (nSPS) is 21.3. The van der Waals surface area contributed by atoms with Crippen molar-refractivity contribution in [1.82, 2.24) is 5.32 Å². The lowest BCUT2D eigenvalue weighted by atomic mass is 10.5. The molecule has 3 nitrogen and oxygen atoms in total. The quantitative estimate of drug-likeness (QED) is 0.555. The van der Waals surface area contributed by atoms with Crippen LogP contribution in [0.25, 0.3) is 0 Å². The van der Waals surface area contributed by atoms with Crippen molar-refractivity contribution < 1.29 is 13.5 Å². The summed E-state index contributed by atoms with van der Waals surface area (Å²) in [5.74, 6) is 0.0139. The number of alkyl halides is 2. The Bertz CT molecular complexity index is 188. The van der Waals surface area contributed by atoms with E-state index in [9.17, 15) is 8.78 Å². The summed E-state index contributed by atoms with van der Waals surface area (Å²) in [4.78, 5) is 2.83. The summed E-state index contributed by atoms with van der Waals surface area (Å²) in [6.07, 6.45) is -0.910. The van der Waals surface area contributed by atoms with E-state index in [0.29, 0.717) is 0 Å². The molecule has 1 aliphatic rings. The Hall–Kier alpha value is -1.13. The largest absolute Gasteiger partial charge is 0.482 e. The molecule has 1 N–H and O–H groups in total. The van der Waals surface area contributed by atoms with Gasteiger partial charge in [0.25, 0.3) is 0 Å². The third-order valence-electron chi connectivity index (χ3n) is 0.956. The molecule has 5 heteroatoms. The Kier molecular flexibility index (Phi) is 1.57. The zero-order valence-electron chi connectivity index (χ0n) is 5.27. The van der Waals surface area contributed by atoms with Crippen molar-refractivity contribution in [1.29, 1.82) is 0 Å². The summed E-state index contributed by atoms with van der Waals surface area (Å²) in [6, 6.07) is 0. The van der Waals surface area contributed by atoms with Gasteiger partial charge in [0.2, 0.25) is 0 Å². The Morgan fingerprint density at radius 3 is 2.80 bits per heavy atom. The maximum atomic E-state index is 12.2. The second kappa shape index (κ2) is 2.24. The van der Waals surface area contributed by atoms with Crippen molar-refractivity contribution in [2.24, 2.45) is 4.99 Å². The van der Waals surface area contributed by atoms with E-state index in [4.69, 9.17) is 0 Å². The number of rotatable bonds is 1. The zero-order valence-corrected chi connectivity index (χ0v) is 5.27. The van der Waals surface area contributed by atoms with E-state index in [1.54, 1.807) is 5.32 Å². The molecule has 56 valence electrons. The third-order valence-corrected chi connectivity index (χ3v) is 0.956. The van der Waals surface area contributed by atoms with Gasteiger partial charge in [-0.1, -0.05) is 0 Å². The van der Waals surface area contributed by atoms with Crippen LogP contribution in [-0.2, 0) is 4.74 Å². The van der Waals surface area contributed by atoms with E-state index in [0.717, 1.165) is 6.21 Å². The summed E-state index contributed by atoms with van der Waals surface area (Å²) >= 11 is 0. The predicted molar refractivity (Wildman–Crippen MR) is 31.7 cm³/mol. The molecule has 10 heavy (non-hydrogen) atoms. The first-order valence-electron chi connectivity index (χ1n) is 2.59. The van der Waals surface area contributed by atoms with Gasteiger partial charge in [-0.25, -0.2) is 4.99 Å². The molecule has 0 atom stereocenters. The molecule has 0 saturated carbocycles. The molecule has 0 aliphatic carbocycles. The molecule has 0 aromatic heterocycles. The minimum atomic E-state index is -3.22. The third kappa shape index (κ3) is 1.43. The van der Waals surface area contributed by atoms with Gasteiger partial charge in [-0.2, -0.15) is 8.78 Å². The maximum absolute atomic E-state index is 12.2. The molecular weight excluding hydrogens is 142 g/mol. The van der Waals surface area contributed by atoms with Gasteiger partial charge >= 0.3 is 6.17 Å². The number of hydrogen-bond donors (Lipinski definition) is 1. The minimum absolute atomic E-state index is 0.0139. The number of aliphatic imine (C=N–C) groups is 1. The molecule has 0 aromatic rings. The number of ether oxygens (including phenoxy) is 1. The molecule has 1 heterocycles. The molecule has 0 saturated heterocycles. The second-order valence-corrected chi connectivity index (χ2v) is 1.68. The van der Waals surface area contributed by atoms with Crippen LogP contribution in [0.15, 0.2) is 17.0 Å². The lowest BCUT2D eigenvalue weighted by Crippen LogP contribution is -2.36. The lowest BCUT2D eigenvalue weighted by molar-refractivity contribution is -0.0312. The Morgan fingerprint density at radius 1 is 1.70 bits per heavy atom. The summed E-state index contributed by atoms with van der Waals surface area (Å²) in [5.41, 5.74) is 0. The highest BCUT2D eigenvalue weighted by Crippen LogP contribution is 2.15. The highest BCUT2D eigenvalue weighted by Gasteiger charge is 2.29. The van der Waals surface area contributed by atoms with Gasteiger partial charge in [0.05, 0.1) is 7.11 Å². The molecule has 0 fully saturated rings. The summed E-state index contributed by atoms with van der Waals surface area (Å²) in [6.45, 7) is 0. The van der Waals surface area contributed by atoms with Gasteiger partial charge in [-0.15, -0.1) is 0 Å². The summed E-state index contributed by atoms with van der Waals surface area (Å²) < 4.78 is 28.9. The molecule has 0 radical (unpaired) electrons. The van der Waals surface area contributed by atoms with E-state index in [1.807, 2.05) is 0 Å². The van der Waals surface area contributed by atoms with Crippen molar-refractivity contribution in [2.75, 3.05) is 7.11 Å². The maximum Gasteiger partial charge on any atom is 0.431 e. The number of nitrogens with one attached hydrogen (secondary N) is 1. The highest BCUT2D eigenvalue weighted by molar-refractivity contribution is 5.72. The van der Waals surface area contributed by atoms with Gasteiger partial charge in [-0.05, 0) is 0 Å². The topological polar surface area (TPSA) is 33.6 Å². The van der Waals surface area contributed by atoms with Crippen molar-refractivity contribution in [3.05, 3.63) is 12.0 Å². The van der Waals surface area contributed by atoms with Gasteiger partial charge in [0, 0.05) is 12.3 Å². The van der Waals surface area contributed by atoms with Crippen LogP contribution in [0, 0.1) is 0 Å². The van der Waals surface area contributed by atoms with E-state index in [2.05, 4.69) is 9.73 Å². The number of halogens is 2. The standard InChI is InChI=1S/C5H6F2N2O/c1-10-4-2-3-8-5(6,7)9-4/h2-3,9H,1H3. The molecule has 0 unspecified atom stereocenters. The summed E-state index contributed by atoms with van der Waals surface area (Å²) in [5, 5.41) is 1.75. The van der Waals surface area contributed by atoms with Crippen LogP contribution in [0.1, 0.15) is 0 Å². The van der Waals surface area contributed by atoms with Crippen LogP contribution in [0.4, 0.5) is 8.78 Å². The van der Waals surface area contributed by atoms with Crippen LogP contribution >= 0.6 is 0 Å². The van der Waals surface area contributed by atoms with Gasteiger partial charge in [-0.3, -0.25) is 5.32 Å². The lowest BCUT2D eigenvalue weighted by Gasteiger charge is -2.17. The molecular formula is C5H6F2N2O. The van der Waals surface area contributed by atoms with E-state index in [-0.39, 0.29) is 5.88 Å². The zero-order chi connectivity index (χ0) is 7.61. The van der Waals surface area contributed by atoms with Gasteiger partial charge in [0.1, 0.15) is 0 Å². The van der Waals surface area contributed by atoms with Crippen molar-refractivity contribution in [3.63, 3.8) is 0 Å². The first kappa shape index (κ1) is 6.98. The molecule has 1 aliphatic heterocycles. The number of allylic oxidation sites excluding steroid dienone is 1. The Morgan fingerprint density at radius 2 is 2.40 bits per heavy atom. The van der Waals surface area contributed by atoms with Crippen LogP contribution in [0.2, 0.25) is 0 Å². The molecule has 0 bridgehead atoms. The first-order valence-corrected chi connectivity index (χ1v) is 2.59. The highest BCUT2D eigenvalue weighted by atomic mass is 19.3. The van der Waals surface area contributed by atoms with Crippen LogP contribution < -0.4 is 5.32 Å². The number of hydrogen-bond acceptors (Lipinski definition) is 3. The fraction of sp³-hybridized carbons (Fsp3) is 0.400. The minimum Gasteiger partial charge on any atom is -0.482 e. The monoisotopic (exact) mass is 148 g/mol. The first-order chi connectivity index (χ1) is 4.64. The molecule has 0 spiro atoms. The SMILES string of the molecule is COC1=CC=NC(F)(F)N1. The number of methoxy groups -OCH3 is 1. The van der Waals surface area contributed by atoms with E-state index < -0.39 is 6.17 Å². The van der Waals surface area contributed by atoms with Crippen LogP contribution in [0.3, 0.4) is 0 Å². The van der Waals surface area contributed by atoms with Gasteiger partial charge < -0.3 is 4.74 Å². The fourth-order valence-electron chi connectivity index (χ4n) is 0.540. The van der Waals surface area contributed by atoms with Crippen LogP contribution in [0.5, 0.6) is 0 Å². The molecule has 0 aromatic carbocycles. The van der Waals surface area contributed by atoms with Crippen molar-refractivity contribution in [3.8, 4) is 0 Å². The van der Waals surface area contributed by atoms with Gasteiger partial charge in [0.15, 0.2) is 5.88 Å². The molecule has 0 amide bonds. The number of nitrogens with zero attached hydrogens (tertiary/aromatic N) is 1. The average Bonchev–Trinajstić information content (AvgIpc) is 1.86. The van der Waals surface area contributed by atoms with Crippen LogP contribution in [-0.4, -0.2) is 19.5 Å². The fourth-order valence-corrected chi connectivity index (χ4v) is 0.540. The Balaban J connectivity index is 2.68. The predicted octanol–water partition coefficient (Wildman–Crippen LogP) is 0.699. The smallest absolute Gasteiger partial charge is 0.431 e.